The highest BCUT2D eigenvalue weighted by Crippen LogP contribution is 2.20. The van der Waals surface area contributed by atoms with Crippen molar-refractivity contribution < 1.29 is 19.8 Å². The van der Waals surface area contributed by atoms with Crippen LogP contribution in [0.5, 0.6) is 0 Å². The van der Waals surface area contributed by atoms with Crippen molar-refractivity contribution >= 4 is 11.9 Å². The van der Waals surface area contributed by atoms with Gasteiger partial charge in [0.15, 0.2) is 0 Å². The standard InChI is InChI=1S/C36H58O4/c1-2-3-4-5-6-7-8-12-15-18-21-24-27-30-34(33-36(39)40)31-28-25-22-19-16-13-10-9-11-14-17-20-23-26-29-32-35(37)38/h3-4,6-7,9,11-13,15-16,22,25,34H,2,5,8,10,14,17-21,23-24,26-33H2,1H3,(H,37,38)(H,39,40). The first-order chi connectivity index (χ1) is 19.6. The molecule has 0 spiro atoms. The van der Waals surface area contributed by atoms with E-state index in [0.717, 1.165) is 89.9 Å². The zero-order valence-electron chi connectivity index (χ0n) is 25.4. The molecule has 226 valence electrons. The number of hydrogen-bond acceptors (Lipinski definition) is 2. The third-order valence-corrected chi connectivity index (χ3v) is 6.77. The van der Waals surface area contributed by atoms with Crippen LogP contribution in [0.25, 0.3) is 0 Å². The molecule has 0 heterocycles. The van der Waals surface area contributed by atoms with E-state index in [4.69, 9.17) is 5.11 Å². The Hall–Kier alpha value is -2.62. The molecule has 2 N–H and O–H groups in total. The predicted octanol–water partition coefficient (Wildman–Crippen LogP) is 10.9. The number of carbonyl (C=O) groups is 2. The highest BCUT2D eigenvalue weighted by Gasteiger charge is 2.12. The summed E-state index contributed by atoms with van der Waals surface area (Å²) in [6.07, 6.45) is 46.0. The first-order valence-electron chi connectivity index (χ1n) is 15.9. The molecular formula is C36H58O4. The number of aliphatic carboxylic acids is 2. The Morgan fingerprint density at radius 1 is 0.500 bits per heavy atom. The molecule has 1 atom stereocenters. The molecule has 0 aliphatic heterocycles. The van der Waals surface area contributed by atoms with Crippen LogP contribution in [0, 0.1) is 5.92 Å². The van der Waals surface area contributed by atoms with Gasteiger partial charge >= 0.3 is 11.9 Å². The second kappa shape index (κ2) is 30.9. The number of carboxylic acids is 2. The second-order valence-electron chi connectivity index (χ2n) is 10.6. The Morgan fingerprint density at radius 2 is 0.950 bits per heavy atom. The highest BCUT2D eigenvalue weighted by atomic mass is 16.4. The lowest BCUT2D eigenvalue weighted by atomic mass is 9.92. The third-order valence-electron chi connectivity index (χ3n) is 6.77. The van der Waals surface area contributed by atoms with Crippen LogP contribution in [0.2, 0.25) is 0 Å². The molecule has 0 aliphatic rings. The maximum absolute atomic E-state index is 11.3. The summed E-state index contributed by atoms with van der Waals surface area (Å²) in [5.41, 5.74) is 0. The van der Waals surface area contributed by atoms with E-state index in [0.29, 0.717) is 6.42 Å². The molecule has 0 aliphatic carbocycles. The fourth-order valence-corrected chi connectivity index (χ4v) is 4.47. The van der Waals surface area contributed by atoms with Gasteiger partial charge in [-0.2, -0.15) is 0 Å². The fraction of sp³-hybridized carbons (Fsp3) is 0.611. The highest BCUT2D eigenvalue weighted by molar-refractivity contribution is 5.67. The van der Waals surface area contributed by atoms with Gasteiger partial charge < -0.3 is 10.2 Å². The largest absolute Gasteiger partial charge is 0.481 e. The SMILES string of the molecule is CCC=CCC=CCC=CCCCCCC(CCC=CCC=CCC=CCCCCCCCC(=O)O)CC(=O)O. The van der Waals surface area contributed by atoms with Crippen molar-refractivity contribution in [1.29, 1.82) is 0 Å². The minimum Gasteiger partial charge on any atom is -0.481 e. The molecule has 0 saturated heterocycles. The minimum atomic E-state index is -0.692. The van der Waals surface area contributed by atoms with Crippen molar-refractivity contribution in [3.05, 3.63) is 72.9 Å². The molecule has 1 unspecified atom stereocenters. The van der Waals surface area contributed by atoms with Gasteiger partial charge in [-0.05, 0) is 89.4 Å². The number of rotatable bonds is 28. The molecule has 4 nitrogen and oxygen atoms in total. The molecule has 40 heavy (non-hydrogen) atoms. The molecule has 0 fully saturated rings. The average molecular weight is 555 g/mol. The van der Waals surface area contributed by atoms with E-state index in [1.54, 1.807) is 0 Å². The molecule has 4 heteroatoms. The van der Waals surface area contributed by atoms with Crippen molar-refractivity contribution in [3.63, 3.8) is 0 Å². The quantitative estimate of drug-likeness (QED) is 0.0745. The normalized spacial score (nSPS) is 13.3. The minimum absolute atomic E-state index is 0.273. The van der Waals surface area contributed by atoms with Crippen molar-refractivity contribution in [2.75, 3.05) is 0 Å². The lowest BCUT2D eigenvalue weighted by Gasteiger charge is -2.13. The lowest BCUT2D eigenvalue weighted by molar-refractivity contribution is -0.138. The van der Waals surface area contributed by atoms with Crippen molar-refractivity contribution in [1.82, 2.24) is 0 Å². The maximum atomic E-state index is 11.3. The van der Waals surface area contributed by atoms with Gasteiger partial charge in [-0.25, -0.2) is 0 Å². The van der Waals surface area contributed by atoms with Crippen molar-refractivity contribution in [2.24, 2.45) is 5.92 Å². The van der Waals surface area contributed by atoms with E-state index in [1.165, 1.54) is 25.7 Å². The van der Waals surface area contributed by atoms with E-state index in [9.17, 15) is 14.7 Å². The lowest BCUT2D eigenvalue weighted by Crippen LogP contribution is -2.07. The van der Waals surface area contributed by atoms with Gasteiger partial charge in [0.05, 0.1) is 0 Å². The van der Waals surface area contributed by atoms with Gasteiger partial charge in [0.2, 0.25) is 0 Å². The van der Waals surface area contributed by atoms with Crippen LogP contribution in [0.3, 0.4) is 0 Å². The average Bonchev–Trinajstić information content (AvgIpc) is 2.92. The first-order valence-corrected chi connectivity index (χ1v) is 15.9. The summed E-state index contributed by atoms with van der Waals surface area (Å²) in [5.74, 6) is -1.10. The third kappa shape index (κ3) is 31.6. The van der Waals surface area contributed by atoms with Crippen molar-refractivity contribution in [3.8, 4) is 0 Å². The Bertz CT molecular complexity index is 770. The zero-order chi connectivity index (χ0) is 29.4. The number of carboxylic acid groups (broad SMARTS) is 2. The second-order valence-corrected chi connectivity index (χ2v) is 10.6. The Labute approximate surface area is 245 Å². The topological polar surface area (TPSA) is 74.6 Å². The van der Waals surface area contributed by atoms with E-state index < -0.39 is 11.9 Å². The van der Waals surface area contributed by atoms with E-state index >= 15 is 0 Å². The molecule has 0 saturated carbocycles. The Morgan fingerprint density at radius 3 is 1.48 bits per heavy atom. The summed E-state index contributed by atoms with van der Waals surface area (Å²) in [6, 6.07) is 0. The predicted molar refractivity (Wildman–Crippen MR) is 172 cm³/mol. The molecule has 0 aromatic rings. The number of unbranched alkanes of at least 4 members (excludes halogenated alkanes) is 8. The number of allylic oxidation sites excluding steroid dienone is 12. The van der Waals surface area contributed by atoms with E-state index in [2.05, 4.69) is 79.8 Å². The van der Waals surface area contributed by atoms with Crippen LogP contribution < -0.4 is 0 Å². The van der Waals surface area contributed by atoms with E-state index in [1.807, 2.05) is 0 Å². The van der Waals surface area contributed by atoms with Crippen LogP contribution in [0.15, 0.2) is 72.9 Å². The van der Waals surface area contributed by atoms with Gasteiger partial charge in [0, 0.05) is 12.8 Å². The van der Waals surface area contributed by atoms with Gasteiger partial charge in [-0.1, -0.05) is 112 Å². The first kappa shape index (κ1) is 37.4. The van der Waals surface area contributed by atoms with Gasteiger partial charge in [-0.15, -0.1) is 0 Å². The molecular weight excluding hydrogens is 496 g/mol. The summed E-state index contributed by atoms with van der Waals surface area (Å²) in [6.45, 7) is 2.15. The van der Waals surface area contributed by atoms with Gasteiger partial charge in [0.25, 0.3) is 0 Å². The van der Waals surface area contributed by atoms with Crippen molar-refractivity contribution in [2.45, 2.75) is 135 Å². The number of hydrogen-bond donors (Lipinski definition) is 2. The molecule has 0 aromatic carbocycles. The summed E-state index contributed by atoms with van der Waals surface area (Å²) in [7, 11) is 0. The van der Waals surface area contributed by atoms with Gasteiger partial charge in [-0.3, -0.25) is 9.59 Å². The summed E-state index contributed by atoms with van der Waals surface area (Å²) >= 11 is 0. The smallest absolute Gasteiger partial charge is 0.303 e. The summed E-state index contributed by atoms with van der Waals surface area (Å²) in [4.78, 5) is 21.7. The van der Waals surface area contributed by atoms with Crippen LogP contribution in [-0.4, -0.2) is 22.2 Å². The van der Waals surface area contributed by atoms with E-state index in [-0.39, 0.29) is 12.3 Å². The summed E-state index contributed by atoms with van der Waals surface area (Å²) in [5, 5.41) is 17.9. The molecule has 0 bridgehead atoms. The molecule has 0 aromatic heterocycles. The fourth-order valence-electron chi connectivity index (χ4n) is 4.47. The Kier molecular flexibility index (Phi) is 28.9. The maximum Gasteiger partial charge on any atom is 0.303 e. The Balaban J connectivity index is 3.81. The van der Waals surface area contributed by atoms with Gasteiger partial charge in [0.1, 0.15) is 0 Å². The molecule has 0 radical (unpaired) electrons. The van der Waals surface area contributed by atoms with Crippen LogP contribution in [0.1, 0.15) is 135 Å². The molecule has 0 amide bonds. The monoisotopic (exact) mass is 554 g/mol. The van der Waals surface area contributed by atoms with Crippen LogP contribution >= 0.6 is 0 Å². The summed E-state index contributed by atoms with van der Waals surface area (Å²) < 4.78 is 0. The zero-order valence-corrected chi connectivity index (χ0v) is 25.4. The molecule has 0 rings (SSSR count). The van der Waals surface area contributed by atoms with Crippen LogP contribution in [0.4, 0.5) is 0 Å². The van der Waals surface area contributed by atoms with Crippen LogP contribution in [-0.2, 0) is 9.59 Å².